The van der Waals surface area contributed by atoms with E-state index in [1.165, 1.54) is 5.56 Å². The van der Waals surface area contributed by atoms with Crippen LogP contribution in [0, 0.1) is 0 Å². The summed E-state index contributed by atoms with van der Waals surface area (Å²) >= 11 is 6.06. The van der Waals surface area contributed by atoms with Crippen LogP contribution in [-0.2, 0) is 11.3 Å². The summed E-state index contributed by atoms with van der Waals surface area (Å²) in [4.78, 5) is 0. The zero-order chi connectivity index (χ0) is 9.97. The van der Waals surface area contributed by atoms with Crippen molar-refractivity contribution < 1.29 is 4.74 Å². The van der Waals surface area contributed by atoms with E-state index in [1.54, 1.807) is 7.11 Å². The fourth-order valence-corrected chi connectivity index (χ4v) is 1.79. The van der Waals surface area contributed by atoms with Crippen LogP contribution in [0.1, 0.15) is 5.56 Å². The van der Waals surface area contributed by atoms with Crippen molar-refractivity contribution >= 4 is 22.4 Å². The van der Waals surface area contributed by atoms with Gasteiger partial charge in [0.1, 0.15) is 0 Å². The minimum atomic E-state index is 0.641. The maximum absolute atomic E-state index is 6.06. The van der Waals surface area contributed by atoms with E-state index in [9.17, 15) is 0 Å². The van der Waals surface area contributed by atoms with Gasteiger partial charge < -0.3 is 4.74 Å². The first kappa shape index (κ1) is 9.50. The number of hydrogen-bond acceptors (Lipinski definition) is 1. The fraction of sp³-hybridized carbons (Fsp3) is 0.167. The Bertz CT molecular complexity index is 451. The Balaban J connectivity index is 2.56. The minimum absolute atomic E-state index is 0.641. The molecule has 2 aromatic rings. The molecule has 2 heteroatoms. The molecule has 2 aromatic carbocycles. The van der Waals surface area contributed by atoms with E-state index >= 15 is 0 Å². The lowest BCUT2D eigenvalue weighted by atomic mass is 10.1. The molecule has 0 N–H and O–H groups in total. The molecule has 1 nitrogen and oxygen atoms in total. The highest BCUT2D eigenvalue weighted by Crippen LogP contribution is 2.24. The Morgan fingerprint density at radius 2 is 2.07 bits per heavy atom. The van der Waals surface area contributed by atoms with Crippen LogP contribution in [0.15, 0.2) is 36.4 Å². The van der Waals surface area contributed by atoms with Gasteiger partial charge in [0.25, 0.3) is 0 Å². The summed E-state index contributed by atoms with van der Waals surface area (Å²) in [5.41, 5.74) is 1.17. The van der Waals surface area contributed by atoms with Crippen LogP contribution in [0.5, 0.6) is 0 Å². The van der Waals surface area contributed by atoms with Crippen LogP contribution in [0.4, 0.5) is 0 Å². The quantitative estimate of drug-likeness (QED) is 0.729. The molecule has 0 saturated carbocycles. The first-order valence-electron chi connectivity index (χ1n) is 4.47. The molecule has 0 spiro atoms. The van der Waals surface area contributed by atoms with Crippen molar-refractivity contribution in [3.05, 3.63) is 47.0 Å². The highest BCUT2D eigenvalue weighted by molar-refractivity contribution is 6.35. The lowest BCUT2D eigenvalue weighted by molar-refractivity contribution is 0.185. The summed E-state index contributed by atoms with van der Waals surface area (Å²) < 4.78 is 5.07. The SMILES string of the molecule is COCc1ccc2c(Cl)cccc2c1. The van der Waals surface area contributed by atoms with Crippen LogP contribution >= 0.6 is 11.6 Å². The van der Waals surface area contributed by atoms with Gasteiger partial charge in [0, 0.05) is 17.5 Å². The predicted octanol–water partition coefficient (Wildman–Crippen LogP) is 3.64. The van der Waals surface area contributed by atoms with Gasteiger partial charge in [-0.1, -0.05) is 35.9 Å². The molecule has 72 valence electrons. The zero-order valence-corrected chi connectivity index (χ0v) is 8.71. The summed E-state index contributed by atoms with van der Waals surface area (Å²) in [6.07, 6.45) is 0. The molecular formula is C12H11ClO. The van der Waals surface area contributed by atoms with E-state index in [4.69, 9.17) is 16.3 Å². The van der Waals surface area contributed by atoms with Gasteiger partial charge >= 0.3 is 0 Å². The number of halogens is 1. The molecule has 0 aliphatic heterocycles. The van der Waals surface area contributed by atoms with Crippen LogP contribution in [-0.4, -0.2) is 7.11 Å². The molecule has 0 fully saturated rings. The number of benzene rings is 2. The third kappa shape index (κ3) is 1.74. The van der Waals surface area contributed by atoms with E-state index < -0.39 is 0 Å². The molecule has 0 unspecified atom stereocenters. The molecule has 2 rings (SSSR count). The van der Waals surface area contributed by atoms with Gasteiger partial charge in [-0.05, 0) is 23.1 Å². The third-order valence-electron chi connectivity index (χ3n) is 2.20. The zero-order valence-electron chi connectivity index (χ0n) is 7.96. The van der Waals surface area contributed by atoms with Crippen LogP contribution < -0.4 is 0 Å². The van der Waals surface area contributed by atoms with Crippen molar-refractivity contribution in [3.8, 4) is 0 Å². The van der Waals surface area contributed by atoms with Crippen molar-refractivity contribution in [1.29, 1.82) is 0 Å². The molecule has 0 atom stereocenters. The first-order valence-corrected chi connectivity index (χ1v) is 4.85. The third-order valence-corrected chi connectivity index (χ3v) is 2.53. The molecule has 0 aromatic heterocycles. The second kappa shape index (κ2) is 3.99. The Labute approximate surface area is 88.3 Å². The Morgan fingerprint density at radius 3 is 2.86 bits per heavy atom. The van der Waals surface area contributed by atoms with Gasteiger partial charge in [-0.15, -0.1) is 0 Å². The van der Waals surface area contributed by atoms with Gasteiger partial charge in [0.2, 0.25) is 0 Å². The number of hydrogen-bond donors (Lipinski definition) is 0. The Morgan fingerprint density at radius 1 is 1.21 bits per heavy atom. The monoisotopic (exact) mass is 206 g/mol. The van der Waals surface area contributed by atoms with E-state index in [-0.39, 0.29) is 0 Å². The lowest BCUT2D eigenvalue weighted by Crippen LogP contribution is -1.86. The van der Waals surface area contributed by atoms with Gasteiger partial charge in [-0.3, -0.25) is 0 Å². The van der Waals surface area contributed by atoms with E-state index in [0.717, 1.165) is 15.8 Å². The lowest BCUT2D eigenvalue weighted by Gasteiger charge is -2.03. The number of rotatable bonds is 2. The standard InChI is InChI=1S/C12H11ClO/c1-14-8-9-5-6-11-10(7-9)3-2-4-12(11)13/h2-7H,8H2,1H3. The fourth-order valence-electron chi connectivity index (χ4n) is 1.55. The average molecular weight is 207 g/mol. The average Bonchev–Trinajstić information content (AvgIpc) is 2.18. The molecule has 0 amide bonds. The predicted molar refractivity (Wildman–Crippen MR) is 59.7 cm³/mol. The summed E-state index contributed by atoms with van der Waals surface area (Å²) in [5, 5.41) is 3.05. The second-order valence-corrected chi connectivity index (χ2v) is 3.64. The first-order chi connectivity index (χ1) is 6.81. The van der Waals surface area contributed by atoms with E-state index in [1.807, 2.05) is 24.3 Å². The molecule has 0 radical (unpaired) electrons. The molecule has 0 bridgehead atoms. The normalized spacial score (nSPS) is 10.7. The van der Waals surface area contributed by atoms with Gasteiger partial charge in [-0.25, -0.2) is 0 Å². The summed E-state index contributed by atoms with van der Waals surface area (Å²) in [7, 11) is 1.70. The maximum atomic E-state index is 6.06. The van der Waals surface area contributed by atoms with Crippen LogP contribution in [0.2, 0.25) is 5.02 Å². The minimum Gasteiger partial charge on any atom is -0.380 e. The number of fused-ring (bicyclic) bond motifs is 1. The van der Waals surface area contributed by atoms with Crippen molar-refractivity contribution in [2.75, 3.05) is 7.11 Å². The second-order valence-electron chi connectivity index (χ2n) is 3.23. The van der Waals surface area contributed by atoms with E-state index in [2.05, 4.69) is 12.1 Å². The van der Waals surface area contributed by atoms with E-state index in [0.29, 0.717) is 6.61 Å². The van der Waals surface area contributed by atoms with Crippen molar-refractivity contribution in [2.24, 2.45) is 0 Å². The summed E-state index contributed by atoms with van der Waals surface area (Å²) in [6, 6.07) is 12.1. The molecule has 0 heterocycles. The number of ether oxygens (including phenoxy) is 1. The van der Waals surface area contributed by atoms with Crippen molar-refractivity contribution in [3.63, 3.8) is 0 Å². The number of methoxy groups -OCH3 is 1. The topological polar surface area (TPSA) is 9.23 Å². The summed E-state index contributed by atoms with van der Waals surface area (Å²) in [5.74, 6) is 0. The van der Waals surface area contributed by atoms with Gasteiger partial charge in [0.05, 0.1) is 6.61 Å². The molecule has 0 aliphatic rings. The van der Waals surface area contributed by atoms with Gasteiger partial charge in [-0.2, -0.15) is 0 Å². The highest BCUT2D eigenvalue weighted by Gasteiger charge is 1.99. The molecular weight excluding hydrogens is 196 g/mol. The van der Waals surface area contributed by atoms with Crippen molar-refractivity contribution in [1.82, 2.24) is 0 Å². The Kier molecular flexibility index (Phi) is 2.71. The maximum Gasteiger partial charge on any atom is 0.0713 e. The van der Waals surface area contributed by atoms with Crippen LogP contribution in [0.3, 0.4) is 0 Å². The molecule has 14 heavy (non-hydrogen) atoms. The smallest absolute Gasteiger partial charge is 0.0713 e. The largest absolute Gasteiger partial charge is 0.380 e. The van der Waals surface area contributed by atoms with Gasteiger partial charge in [0.15, 0.2) is 0 Å². The molecule has 0 saturated heterocycles. The highest BCUT2D eigenvalue weighted by atomic mass is 35.5. The van der Waals surface area contributed by atoms with Crippen LogP contribution in [0.25, 0.3) is 10.8 Å². The summed E-state index contributed by atoms with van der Waals surface area (Å²) in [6.45, 7) is 0.641. The molecule has 0 aliphatic carbocycles. The van der Waals surface area contributed by atoms with Crippen molar-refractivity contribution in [2.45, 2.75) is 6.61 Å². The Hall–Kier alpha value is -1.05.